The molecule has 2 N–H and O–H groups in total. The average Bonchev–Trinajstić information content (AvgIpc) is 2.22. The zero-order valence-electron chi connectivity index (χ0n) is 9.26. The molecule has 0 saturated heterocycles. The van der Waals surface area contributed by atoms with Gasteiger partial charge in [-0.25, -0.2) is 0 Å². The Morgan fingerprint density at radius 3 is 2.14 bits per heavy atom. The summed E-state index contributed by atoms with van der Waals surface area (Å²) >= 11 is 4.19. The number of thiol groups is 1. The summed E-state index contributed by atoms with van der Waals surface area (Å²) in [5.74, 6) is 1.54. The Kier molecular flexibility index (Phi) is 8.01. The highest BCUT2D eigenvalue weighted by molar-refractivity contribution is 7.80. The van der Waals surface area contributed by atoms with Crippen molar-refractivity contribution in [3.05, 3.63) is 24.3 Å². The first kappa shape index (κ1) is 13.8. The van der Waals surface area contributed by atoms with Gasteiger partial charge in [0.2, 0.25) is 0 Å². The van der Waals surface area contributed by atoms with Crippen molar-refractivity contribution in [3.8, 4) is 0 Å². The third-order valence-corrected chi connectivity index (χ3v) is 2.94. The van der Waals surface area contributed by atoms with E-state index in [1.54, 1.807) is 0 Å². The maximum Gasteiger partial charge on any atom is 0.0134 e. The third-order valence-electron chi connectivity index (χ3n) is 2.49. The van der Waals surface area contributed by atoms with Gasteiger partial charge >= 0.3 is 0 Å². The van der Waals surface area contributed by atoms with Gasteiger partial charge in [0.05, 0.1) is 0 Å². The molecule has 82 valence electrons. The molecule has 0 heterocycles. The lowest BCUT2D eigenvalue weighted by molar-refractivity contribution is 0.490. The van der Waals surface area contributed by atoms with Gasteiger partial charge in [0, 0.05) is 12.3 Å². The summed E-state index contributed by atoms with van der Waals surface area (Å²) in [7, 11) is 0. The van der Waals surface area contributed by atoms with Crippen LogP contribution in [0.5, 0.6) is 0 Å². The van der Waals surface area contributed by atoms with Crippen LogP contribution in [0, 0.1) is 5.92 Å². The number of rotatable bonds is 8. The van der Waals surface area contributed by atoms with E-state index in [0.717, 1.165) is 30.1 Å². The molecule has 0 spiro atoms. The molecule has 14 heavy (non-hydrogen) atoms. The Morgan fingerprint density at radius 2 is 1.71 bits per heavy atom. The molecule has 0 radical (unpaired) electrons. The maximum atomic E-state index is 5.48. The molecule has 0 amide bonds. The van der Waals surface area contributed by atoms with Gasteiger partial charge in [-0.3, -0.25) is 0 Å². The van der Waals surface area contributed by atoms with Crippen molar-refractivity contribution < 1.29 is 0 Å². The molecule has 0 aromatic rings. The highest BCUT2D eigenvalue weighted by Gasteiger charge is 2.03. The molecule has 0 rings (SSSR count). The van der Waals surface area contributed by atoms with Crippen LogP contribution in [0.2, 0.25) is 0 Å². The number of hydrogen-bond donors (Lipinski definition) is 2. The number of nitrogens with two attached hydrogens (primary N) is 1. The van der Waals surface area contributed by atoms with Crippen LogP contribution in [-0.4, -0.2) is 12.3 Å². The molecule has 0 aliphatic rings. The van der Waals surface area contributed by atoms with E-state index >= 15 is 0 Å². The van der Waals surface area contributed by atoms with Crippen LogP contribution in [0.3, 0.4) is 0 Å². The Bertz CT molecular complexity index is 167. The summed E-state index contributed by atoms with van der Waals surface area (Å²) < 4.78 is 0. The Morgan fingerprint density at radius 1 is 1.21 bits per heavy atom. The molecule has 1 unspecified atom stereocenters. The largest absolute Gasteiger partial charge is 0.327 e. The van der Waals surface area contributed by atoms with E-state index in [2.05, 4.69) is 32.7 Å². The fourth-order valence-electron chi connectivity index (χ4n) is 1.23. The summed E-state index contributed by atoms with van der Waals surface area (Å²) in [6, 6.07) is 0. The first-order valence-corrected chi connectivity index (χ1v) is 5.87. The zero-order chi connectivity index (χ0) is 11.0. The first-order valence-electron chi connectivity index (χ1n) is 5.24. The lowest BCUT2D eigenvalue weighted by Crippen LogP contribution is -2.04. The summed E-state index contributed by atoms with van der Waals surface area (Å²) in [5.41, 5.74) is 7.87. The van der Waals surface area contributed by atoms with Crippen LogP contribution in [0.15, 0.2) is 24.3 Å². The predicted octanol–water partition coefficient (Wildman–Crippen LogP) is 3.18. The Hall–Kier alpha value is -0.210. The van der Waals surface area contributed by atoms with Crippen molar-refractivity contribution in [3.63, 3.8) is 0 Å². The molecule has 0 aromatic heterocycles. The van der Waals surface area contributed by atoms with Crippen LogP contribution in [-0.2, 0) is 0 Å². The van der Waals surface area contributed by atoms with Gasteiger partial charge in [0.25, 0.3) is 0 Å². The fourth-order valence-corrected chi connectivity index (χ4v) is 1.38. The van der Waals surface area contributed by atoms with E-state index in [1.165, 1.54) is 18.4 Å². The van der Waals surface area contributed by atoms with Gasteiger partial charge in [0.15, 0.2) is 0 Å². The molecular formula is C12H23NS. The lowest BCUT2D eigenvalue weighted by atomic mass is 9.96. The van der Waals surface area contributed by atoms with Gasteiger partial charge in [-0.15, -0.1) is 0 Å². The quantitative estimate of drug-likeness (QED) is 0.470. The van der Waals surface area contributed by atoms with Crippen molar-refractivity contribution in [1.82, 2.24) is 0 Å². The summed E-state index contributed by atoms with van der Waals surface area (Å²) in [6.07, 6.45) is 4.55. The van der Waals surface area contributed by atoms with Crippen molar-refractivity contribution in [2.24, 2.45) is 11.7 Å². The highest BCUT2D eigenvalue weighted by atomic mass is 32.1. The minimum Gasteiger partial charge on any atom is -0.327 e. The Labute approximate surface area is 93.9 Å². The normalized spacial score (nSPS) is 12.5. The standard InChI is InChI=1S/C12H23NS/c1-10(4-6-11(2)8-13)5-7-12(3)9-14/h10,14H,2-9,13H2,1H3. The number of hydrogen-bond acceptors (Lipinski definition) is 2. The lowest BCUT2D eigenvalue weighted by Gasteiger charge is -2.12. The average molecular weight is 213 g/mol. The minimum absolute atomic E-state index is 0.621. The Balaban J connectivity index is 3.50. The van der Waals surface area contributed by atoms with Crippen LogP contribution >= 0.6 is 12.6 Å². The van der Waals surface area contributed by atoms with Crippen molar-refractivity contribution >= 4 is 12.6 Å². The minimum atomic E-state index is 0.621. The van der Waals surface area contributed by atoms with E-state index in [1.807, 2.05) is 0 Å². The van der Waals surface area contributed by atoms with Gasteiger partial charge in [-0.2, -0.15) is 12.6 Å². The van der Waals surface area contributed by atoms with Crippen LogP contribution in [0.25, 0.3) is 0 Å². The fraction of sp³-hybridized carbons (Fsp3) is 0.667. The van der Waals surface area contributed by atoms with Crippen molar-refractivity contribution in [1.29, 1.82) is 0 Å². The van der Waals surface area contributed by atoms with E-state index in [4.69, 9.17) is 5.73 Å². The van der Waals surface area contributed by atoms with E-state index in [-0.39, 0.29) is 0 Å². The van der Waals surface area contributed by atoms with Crippen molar-refractivity contribution in [2.75, 3.05) is 12.3 Å². The van der Waals surface area contributed by atoms with Gasteiger partial charge in [-0.05, 0) is 31.6 Å². The van der Waals surface area contributed by atoms with Crippen LogP contribution < -0.4 is 5.73 Å². The SMILES string of the molecule is C=C(CN)CCC(C)CCC(=C)CS. The smallest absolute Gasteiger partial charge is 0.0134 e. The molecule has 0 bridgehead atoms. The topological polar surface area (TPSA) is 26.0 Å². The van der Waals surface area contributed by atoms with Crippen LogP contribution in [0.4, 0.5) is 0 Å². The van der Waals surface area contributed by atoms with Gasteiger partial charge < -0.3 is 5.73 Å². The van der Waals surface area contributed by atoms with Crippen LogP contribution in [0.1, 0.15) is 32.6 Å². The van der Waals surface area contributed by atoms with E-state index in [9.17, 15) is 0 Å². The summed E-state index contributed by atoms with van der Waals surface area (Å²) in [5, 5.41) is 0. The molecule has 0 aromatic carbocycles. The van der Waals surface area contributed by atoms with Gasteiger partial charge in [-0.1, -0.05) is 31.2 Å². The zero-order valence-corrected chi connectivity index (χ0v) is 10.2. The van der Waals surface area contributed by atoms with E-state index in [0.29, 0.717) is 6.54 Å². The van der Waals surface area contributed by atoms with E-state index < -0.39 is 0 Å². The maximum absolute atomic E-state index is 5.48. The highest BCUT2D eigenvalue weighted by Crippen LogP contribution is 2.18. The molecule has 1 nitrogen and oxygen atoms in total. The first-order chi connectivity index (χ1) is 6.60. The predicted molar refractivity (Wildman–Crippen MR) is 68.8 cm³/mol. The monoisotopic (exact) mass is 213 g/mol. The van der Waals surface area contributed by atoms with Crippen molar-refractivity contribution in [2.45, 2.75) is 32.6 Å². The second-order valence-corrected chi connectivity index (χ2v) is 4.36. The molecule has 0 fully saturated rings. The molecule has 2 heteroatoms. The summed E-state index contributed by atoms with van der Waals surface area (Å²) in [4.78, 5) is 0. The molecular weight excluding hydrogens is 190 g/mol. The van der Waals surface area contributed by atoms with Gasteiger partial charge in [0.1, 0.15) is 0 Å². The summed E-state index contributed by atoms with van der Waals surface area (Å²) in [6.45, 7) is 10.7. The molecule has 0 aliphatic heterocycles. The molecule has 1 atom stereocenters. The molecule has 0 aliphatic carbocycles. The second kappa shape index (κ2) is 8.13. The third kappa shape index (κ3) is 7.22. The molecule has 0 saturated carbocycles. The second-order valence-electron chi connectivity index (χ2n) is 4.04.